The summed E-state index contributed by atoms with van der Waals surface area (Å²) in [7, 11) is 0. The second kappa shape index (κ2) is 5.31. The molecular weight excluding hydrogens is 288 g/mol. The van der Waals surface area contributed by atoms with Gasteiger partial charge in [0.25, 0.3) is 0 Å². The van der Waals surface area contributed by atoms with Crippen LogP contribution in [-0.2, 0) is 4.79 Å². The zero-order chi connectivity index (χ0) is 13.2. The molecule has 0 amide bonds. The van der Waals surface area contributed by atoms with E-state index in [-0.39, 0.29) is 11.6 Å². The monoisotopic (exact) mass is 297 g/mol. The highest BCUT2D eigenvalue weighted by Crippen LogP contribution is 2.32. The maximum Gasteiger partial charge on any atom is 0.337 e. The lowest BCUT2D eigenvalue weighted by atomic mass is 10.1. The van der Waals surface area contributed by atoms with E-state index in [0.717, 1.165) is 0 Å². The highest BCUT2D eigenvalue weighted by molar-refractivity contribution is 6.44. The van der Waals surface area contributed by atoms with E-state index in [9.17, 15) is 9.90 Å². The van der Waals surface area contributed by atoms with Crippen molar-refractivity contribution in [3.05, 3.63) is 27.2 Å². The second-order valence-corrected chi connectivity index (χ2v) is 4.90. The van der Waals surface area contributed by atoms with Crippen LogP contribution in [0, 0.1) is 0 Å². The minimum absolute atomic E-state index is 0.208. The summed E-state index contributed by atoms with van der Waals surface area (Å²) < 4.78 is 0. The minimum Gasteiger partial charge on any atom is -0.479 e. The molecule has 1 unspecified atom stereocenters. The van der Waals surface area contributed by atoms with E-state index in [4.69, 9.17) is 39.9 Å². The Bertz CT molecular complexity index is 449. The number of aliphatic carboxylic acids is 1. The molecule has 4 nitrogen and oxygen atoms in total. The van der Waals surface area contributed by atoms with E-state index < -0.39 is 11.6 Å². The Balaban J connectivity index is 2.83. The van der Waals surface area contributed by atoms with Crippen molar-refractivity contribution < 1.29 is 15.0 Å². The van der Waals surface area contributed by atoms with Crippen LogP contribution in [0.15, 0.2) is 12.1 Å². The molecule has 0 radical (unpaired) electrons. The van der Waals surface area contributed by atoms with Crippen molar-refractivity contribution in [3.8, 4) is 0 Å². The fourth-order valence-corrected chi connectivity index (χ4v) is 1.61. The van der Waals surface area contributed by atoms with Crippen LogP contribution in [-0.4, -0.2) is 28.3 Å². The molecule has 94 valence electrons. The maximum absolute atomic E-state index is 10.7. The molecule has 1 atom stereocenters. The Morgan fingerprint density at radius 2 is 1.82 bits per heavy atom. The summed E-state index contributed by atoms with van der Waals surface area (Å²) in [5.41, 5.74) is -1.49. The topological polar surface area (TPSA) is 69.6 Å². The molecule has 0 bridgehead atoms. The van der Waals surface area contributed by atoms with Gasteiger partial charge in [-0.15, -0.1) is 0 Å². The Hall–Kier alpha value is -0.680. The van der Waals surface area contributed by atoms with Crippen molar-refractivity contribution >= 4 is 46.5 Å². The Morgan fingerprint density at radius 1 is 1.29 bits per heavy atom. The van der Waals surface area contributed by atoms with Crippen molar-refractivity contribution in [2.24, 2.45) is 0 Å². The van der Waals surface area contributed by atoms with Crippen LogP contribution in [0.1, 0.15) is 6.92 Å². The van der Waals surface area contributed by atoms with Crippen molar-refractivity contribution in [1.29, 1.82) is 0 Å². The highest BCUT2D eigenvalue weighted by Gasteiger charge is 2.29. The number of benzene rings is 1. The molecule has 0 heterocycles. The summed E-state index contributed by atoms with van der Waals surface area (Å²) in [6, 6.07) is 2.90. The summed E-state index contributed by atoms with van der Waals surface area (Å²) in [6.07, 6.45) is 0. The normalized spacial score (nSPS) is 14.2. The molecule has 1 rings (SSSR count). The van der Waals surface area contributed by atoms with Gasteiger partial charge in [0.15, 0.2) is 5.60 Å². The van der Waals surface area contributed by atoms with E-state index in [1.165, 1.54) is 19.1 Å². The van der Waals surface area contributed by atoms with Gasteiger partial charge in [0.2, 0.25) is 0 Å². The number of hydrogen-bond donors (Lipinski definition) is 3. The number of hydrogen-bond acceptors (Lipinski definition) is 3. The molecule has 7 heteroatoms. The molecule has 0 aliphatic rings. The predicted molar refractivity (Wildman–Crippen MR) is 68.2 cm³/mol. The Labute approximate surface area is 113 Å². The lowest BCUT2D eigenvalue weighted by Crippen LogP contribution is -2.41. The predicted octanol–water partition coefficient (Wildman–Crippen LogP) is 2.89. The fraction of sp³-hybridized carbons (Fsp3) is 0.300. The number of aliphatic hydroxyl groups is 1. The summed E-state index contributed by atoms with van der Waals surface area (Å²) in [5.74, 6) is -1.33. The molecule has 0 fully saturated rings. The third-order valence-electron chi connectivity index (χ3n) is 2.09. The van der Waals surface area contributed by atoms with E-state index in [1.807, 2.05) is 0 Å². The average molecular weight is 299 g/mol. The highest BCUT2D eigenvalue weighted by atomic mass is 35.5. The third kappa shape index (κ3) is 3.64. The van der Waals surface area contributed by atoms with E-state index in [2.05, 4.69) is 5.32 Å². The van der Waals surface area contributed by atoms with Crippen molar-refractivity contribution in [2.45, 2.75) is 12.5 Å². The van der Waals surface area contributed by atoms with Gasteiger partial charge in [0.05, 0.1) is 27.3 Å². The van der Waals surface area contributed by atoms with E-state index in [0.29, 0.717) is 15.7 Å². The lowest BCUT2D eigenvalue weighted by Gasteiger charge is -2.19. The van der Waals surface area contributed by atoms with Gasteiger partial charge in [0.1, 0.15) is 0 Å². The van der Waals surface area contributed by atoms with Gasteiger partial charge in [-0.3, -0.25) is 0 Å². The van der Waals surface area contributed by atoms with Crippen LogP contribution in [0.2, 0.25) is 15.1 Å². The molecule has 0 aliphatic heterocycles. The number of rotatable bonds is 4. The smallest absolute Gasteiger partial charge is 0.337 e. The molecule has 0 spiro atoms. The van der Waals surface area contributed by atoms with Crippen LogP contribution in [0.4, 0.5) is 5.69 Å². The summed E-state index contributed by atoms with van der Waals surface area (Å²) in [5, 5.41) is 21.8. The number of anilines is 1. The lowest BCUT2D eigenvalue weighted by molar-refractivity contribution is -0.155. The van der Waals surface area contributed by atoms with Gasteiger partial charge in [-0.25, -0.2) is 4.79 Å². The largest absolute Gasteiger partial charge is 0.479 e. The van der Waals surface area contributed by atoms with Crippen LogP contribution >= 0.6 is 34.8 Å². The van der Waals surface area contributed by atoms with Crippen molar-refractivity contribution in [1.82, 2.24) is 0 Å². The first-order valence-electron chi connectivity index (χ1n) is 4.58. The Morgan fingerprint density at radius 3 is 2.35 bits per heavy atom. The van der Waals surface area contributed by atoms with Gasteiger partial charge >= 0.3 is 5.97 Å². The number of carboxylic acid groups (broad SMARTS) is 1. The Kier molecular flexibility index (Phi) is 4.49. The van der Waals surface area contributed by atoms with Crippen LogP contribution < -0.4 is 5.32 Å². The molecule has 1 aromatic carbocycles. The first-order valence-corrected chi connectivity index (χ1v) is 5.71. The third-order valence-corrected chi connectivity index (χ3v) is 3.13. The average Bonchev–Trinajstić information content (AvgIpc) is 2.21. The van der Waals surface area contributed by atoms with E-state index in [1.54, 1.807) is 0 Å². The SMILES string of the molecule is CC(O)(CNc1cc(Cl)c(Cl)cc1Cl)C(=O)O. The van der Waals surface area contributed by atoms with Gasteiger partial charge < -0.3 is 15.5 Å². The second-order valence-electron chi connectivity index (χ2n) is 3.68. The molecule has 3 N–H and O–H groups in total. The number of halogens is 3. The molecule has 0 aromatic heterocycles. The first kappa shape index (κ1) is 14.4. The van der Waals surface area contributed by atoms with Gasteiger partial charge in [-0.1, -0.05) is 34.8 Å². The first-order chi connectivity index (χ1) is 7.74. The van der Waals surface area contributed by atoms with Crippen molar-refractivity contribution in [3.63, 3.8) is 0 Å². The molecular formula is C10H10Cl3NO3. The van der Waals surface area contributed by atoms with Gasteiger partial charge in [-0.05, 0) is 19.1 Å². The number of carboxylic acids is 1. The summed E-state index contributed by atoms with van der Waals surface area (Å²) >= 11 is 17.4. The van der Waals surface area contributed by atoms with Crippen LogP contribution in [0.5, 0.6) is 0 Å². The molecule has 1 aromatic rings. The summed E-state index contributed by atoms with van der Waals surface area (Å²) in [4.78, 5) is 10.7. The van der Waals surface area contributed by atoms with E-state index >= 15 is 0 Å². The summed E-state index contributed by atoms with van der Waals surface area (Å²) in [6.45, 7) is 0.966. The molecule has 17 heavy (non-hydrogen) atoms. The number of nitrogens with one attached hydrogen (secondary N) is 1. The van der Waals surface area contributed by atoms with Gasteiger partial charge in [0, 0.05) is 0 Å². The molecule has 0 saturated heterocycles. The quantitative estimate of drug-likeness (QED) is 0.748. The zero-order valence-corrected chi connectivity index (χ0v) is 11.1. The standard InChI is InChI=1S/C10H10Cl3NO3/c1-10(17,9(15)16)4-14-8-3-6(12)5(11)2-7(8)13/h2-3,14,17H,4H2,1H3,(H,15,16). The number of carbonyl (C=O) groups is 1. The van der Waals surface area contributed by atoms with Crippen LogP contribution in [0.25, 0.3) is 0 Å². The fourth-order valence-electron chi connectivity index (χ4n) is 1.00. The zero-order valence-electron chi connectivity index (χ0n) is 8.80. The molecule has 0 aliphatic carbocycles. The molecule has 0 saturated carbocycles. The van der Waals surface area contributed by atoms with Crippen LogP contribution in [0.3, 0.4) is 0 Å². The van der Waals surface area contributed by atoms with Gasteiger partial charge in [-0.2, -0.15) is 0 Å². The minimum atomic E-state index is -1.89. The van der Waals surface area contributed by atoms with Crippen molar-refractivity contribution in [2.75, 3.05) is 11.9 Å². The maximum atomic E-state index is 10.7.